The maximum atomic E-state index is 12.5. The van der Waals surface area contributed by atoms with Crippen molar-refractivity contribution in [2.45, 2.75) is 32.2 Å². The molecule has 2 aromatic rings. The number of furan rings is 1. The van der Waals surface area contributed by atoms with Gasteiger partial charge in [0.15, 0.2) is 5.17 Å². The predicted octanol–water partition coefficient (Wildman–Crippen LogP) is 4.32. The van der Waals surface area contributed by atoms with E-state index in [0.717, 1.165) is 35.9 Å². The third-order valence-electron chi connectivity index (χ3n) is 5.12. The van der Waals surface area contributed by atoms with Crippen molar-refractivity contribution in [2.75, 3.05) is 5.75 Å². The number of carbonyl (C=O) groups excluding carboxylic acids is 1. The molecule has 2 aliphatic heterocycles. The first-order chi connectivity index (χ1) is 12.2. The number of amides is 1. The van der Waals surface area contributed by atoms with Gasteiger partial charge < -0.3 is 4.42 Å². The number of aryl methyl sites for hydroxylation is 2. The molecule has 25 heavy (non-hydrogen) atoms. The Bertz CT molecular complexity index is 927. The van der Waals surface area contributed by atoms with Gasteiger partial charge in [0, 0.05) is 5.56 Å². The van der Waals surface area contributed by atoms with Crippen LogP contribution in [0.2, 0.25) is 0 Å². The first kappa shape index (κ1) is 15.0. The van der Waals surface area contributed by atoms with E-state index in [1.54, 1.807) is 6.26 Å². The zero-order chi connectivity index (χ0) is 17.0. The molecule has 1 amide bonds. The fourth-order valence-electron chi connectivity index (χ4n) is 4.00. The van der Waals surface area contributed by atoms with Crippen LogP contribution in [0.3, 0.4) is 0 Å². The second kappa shape index (κ2) is 5.63. The third kappa shape index (κ3) is 2.29. The molecular weight excluding hydrogens is 332 g/mol. The lowest BCUT2D eigenvalue weighted by molar-refractivity contribution is -0.125. The summed E-state index contributed by atoms with van der Waals surface area (Å²) in [4.78, 5) is 19.3. The zero-order valence-electron chi connectivity index (χ0n) is 14.0. The Morgan fingerprint density at radius 2 is 2.20 bits per heavy atom. The van der Waals surface area contributed by atoms with Crippen LogP contribution in [0.5, 0.6) is 0 Å². The Morgan fingerprint density at radius 1 is 1.28 bits per heavy atom. The number of hydrogen-bond donors (Lipinski definition) is 0. The van der Waals surface area contributed by atoms with E-state index in [1.807, 2.05) is 17.0 Å². The minimum Gasteiger partial charge on any atom is -0.467 e. The molecule has 0 radical (unpaired) electrons. The first-order valence-corrected chi connectivity index (χ1v) is 9.61. The monoisotopic (exact) mass is 350 g/mol. The Hall–Kier alpha value is -2.27. The highest BCUT2D eigenvalue weighted by Crippen LogP contribution is 2.47. The molecule has 5 heteroatoms. The van der Waals surface area contributed by atoms with Gasteiger partial charge in [-0.25, -0.2) is 4.99 Å². The summed E-state index contributed by atoms with van der Waals surface area (Å²) in [5.74, 6) is 1.40. The lowest BCUT2D eigenvalue weighted by atomic mass is 9.93. The summed E-state index contributed by atoms with van der Waals surface area (Å²) >= 11 is 1.53. The van der Waals surface area contributed by atoms with Crippen LogP contribution in [0, 0.1) is 6.92 Å². The molecule has 1 aliphatic carbocycles. The number of aliphatic imine (C=N–C) groups is 1. The normalized spacial score (nSPS) is 22.3. The summed E-state index contributed by atoms with van der Waals surface area (Å²) < 4.78 is 5.74. The van der Waals surface area contributed by atoms with Crippen LogP contribution in [0.15, 0.2) is 51.6 Å². The molecule has 126 valence electrons. The summed E-state index contributed by atoms with van der Waals surface area (Å²) in [7, 11) is 0. The second-order valence-electron chi connectivity index (χ2n) is 6.75. The van der Waals surface area contributed by atoms with Gasteiger partial charge >= 0.3 is 0 Å². The summed E-state index contributed by atoms with van der Waals surface area (Å²) in [5.41, 5.74) is 6.06. The lowest BCUT2D eigenvalue weighted by Crippen LogP contribution is -2.37. The van der Waals surface area contributed by atoms with Crippen molar-refractivity contribution in [3.05, 3.63) is 64.6 Å². The molecule has 1 aromatic heterocycles. The molecule has 4 nitrogen and oxygen atoms in total. The van der Waals surface area contributed by atoms with E-state index in [0.29, 0.717) is 5.75 Å². The Morgan fingerprint density at radius 3 is 3.04 bits per heavy atom. The van der Waals surface area contributed by atoms with E-state index in [1.165, 1.54) is 34.0 Å². The van der Waals surface area contributed by atoms with Gasteiger partial charge in [0.25, 0.3) is 0 Å². The quantitative estimate of drug-likeness (QED) is 0.769. The number of amidine groups is 1. The van der Waals surface area contributed by atoms with Gasteiger partial charge in [-0.05, 0) is 55.5 Å². The minimum absolute atomic E-state index is 0.116. The van der Waals surface area contributed by atoms with Crippen LogP contribution in [0.4, 0.5) is 0 Å². The van der Waals surface area contributed by atoms with E-state index < -0.39 is 0 Å². The first-order valence-electron chi connectivity index (χ1n) is 8.62. The van der Waals surface area contributed by atoms with E-state index in [9.17, 15) is 4.79 Å². The summed E-state index contributed by atoms with van der Waals surface area (Å²) in [5, 5.41) is 0.805. The number of nitrogens with zero attached hydrogens (tertiary/aromatic N) is 2. The van der Waals surface area contributed by atoms with Gasteiger partial charge in [0.1, 0.15) is 11.8 Å². The molecule has 0 saturated carbocycles. The average molecular weight is 350 g/mol. The predicted molar refractivity (Wildman–Crippen MR) is 99.2 cm³/mol. The van der Waals surface area contributed by atoms with Crippen LogP contribution in [-0.4, -0.2) is 21.7 Å². The maximum Gasteiger partial charge on any atom is 0.239 e. The number of fused-ring (bicyclic) bond motifs is 3. The molecule has 1 aromatic carbocycles. The molecular formula is C20H18N2O2S. The van der Waals surface area contributed by atoms with E-state index >= 15 is 0 Å². The third-order valence-corrected chi connectivity index (χ3v) is 6.06. The summed E-state index contributed by atoms with van der Waals surface area (Å²) in [6, 6.07) is 10.3. The average Bonchev–Trinajstić information content (AvgIpc) is 3.22. The topological polar surface area (TPSA) is 45.8 Å². The molecule has 0 bridgehead atoms. The summed E-state index contributed by atoms with van der Waals surface area (Å²) in [6.07, 6.45) is 4.72. The van der Waals surface area contributed by atoms with Crippen LogP contribution in [0.25, 0.3) is 5.70 Å². The molecule has 0 N–H and O–H groups in total. The lowest BCUT2D eigenvalue weighted by Gasteiger charge is -2.32. The van der Waals surface area contributed by atoms with Crippen LogP contribution < -0.4 is 0 Å². The SMILES string of the molecule is Cc1ccc2c(c1)C1=C(CCC2)C(c2ccco2)N2C(=O)CSC2=N1. The molecule has 1 saturated heterocycles. The van der Waals surface area contributed by atoms with Gasteiger partial charge in [-0.15, -0.1) is 0 Å². The van der Waals surface area contributed by atoms with Crippen molar-refractivity contribution in [1.82, 2.24) is 4.90 Å². The van der Waals surface area contributed by atoms with E-state index in [-0.39, 0.29) is 11.9 Å². The molecule has 1 fully saturated rings. The molecule has 3 aliphatic rings. The van der Waals surface area contributed by atoms with Gasteiger partial charge in [0.05, 0.1) is 17.7 Å². The minimum atomic E-state index is -0.161. The van der Waals surface area contributed by atoms with Crippen LogP contribution in [-0.2, 0) is 11.2 Å². The van der Waals surface area contributed by atoms with E-state index in [2.05, 4.69) is 25.1 Å². The number of carbonyl (C=O) groups is 1. The Labute approximate surface area is 150 Å². The largest absolute Gasteiger partial charge is 0.467 e. The fraction of sp³-hybridized carbons (Fsp3) is 0.300. The molecule has 5 rings (SSSR count). The van der Waals surface area contributed by atoms with Crippen LogP contribution >= 0.6 is 11.8 Å². The number of benzene rings is 1. The van der Waals surface area contributed by atoms with Crippen molar-refractivity contribution in [1.29, 1.82) is 0 Å². The Kier molecular flexibility index (Phi) is 3.38. The van der Waals surface area contributed by atoms with Gasteiger partial charge in [-0.1, -0.05) is 29.5 Å². The standard InChI is InChI=1S/C20H18N2O2S/c1-12-7-8-13-4-2-5-14-18(15(13)10-12)21-20-22(17(23)11-25-20)19(14)16-6-3-9-24-16/h3,6-10,19H,2,4-5,11H2,1H3. The van der Waals surface area contributed by atoms with Gasteiger partial charge in [-0.2, -0.15) is 0 Å². The Balaban J connectivity index is 1.76. The highest BCUT2D eigenvalue weighted by molar-refractivity contribution is 8.15. The van der Waals surface area contributed by atoms with Crippen molar-refractivity contribution >= 4 is 28.5 Å². The second-order valence-corrected chi connectivity index (χ2v) is 7.70. The maximum absolute atomic E-state index is 12.5. The van der Waals surface area contributed by atoms with Crippen molar-refractivity contribution in [3.8, 4) is 0 Å². The number of thioether (sulfide) groups is 1. The number of rotatable bonds is 1. The molecule has 1 unspecified atom stereocenters. The van der Waals surface area contributed by atoms with Crippen molar-refractivity contribution in [2.24, 2.45) is 4.99 Å². The highest BCUT2D eigenvalue weighted by Gasteiger charge is 2.43. The fourth-order valence-corrected chi connectivity index (χ4v) is 4.89. The number of hydrogen-bond acceptors (Lipinski definition) is 4. The van der Waals surface area contributed by atoms with Crippen molar-refractivity contribution in [3.63, 3.8) is 0 Å². The van der Waals surface area contributed by atoms with Gasteiger partial charge in [0.2, 0.25) is 5.91 Å². The zero-order valence-corrected chi connectivity index (χ0v) is 14.8. The molecule has 1 atom stereocenters. The van der Waals surface area contributed by atoms with Crippen LogP contribution in [0.1, 0.15) is 41.3 Å². The summed E-state index contributed by atoms with van der Waals surface area (Å²) in [6.45, 7) is 2.12. The van der Waals surface area contributed by atoms with Crippen molar-refractivity contribution < 1.29 is 9.21 Å². The van der Waals surface area contributed by atoms with Gasteiger partial charge in [-0.3, -0.25) is 9.69 Å². The van der Waals surface area contributed by atoms with E-state index in [4.69, 9.17) is 9.41 Å². The molecule has 0 spiro atoms. The smallest absolute Gasteiger partial charge is 0.239 e. The molecule has 3 heterocycles. The highest BCUT2D eigenvalue weighted by atomic mass is 32.2.